The quantitative estimate of drug-likeness (QED) is 0.797. The normalized spacial score (nSPS) is 15.3. The van der Waals surface area contributed by atoms with E-state index in [1.54, 1.807) is 12.1 Å². The Bertz CT molecular complexity index is 470. The summed E-state index contributed by atoms with van der Waals surface area (Å²) in [6, 6.07) is 4.56. The van der Waals surface area contributed by atoms with Crippen LogP contribution in [-0.4, -0.2) is 40.1 Å². The minimum absolute atomic E-state index is 0.128. The lowest BCUT2D eigenvalue weighted by molar-refractivity contribution is -0.137. The summed E-state index contributed by atoms with van der Waals surface area (Å²) in [5.74, 6) is -1.16. The molecule has 0 spiro atoms. The van der Waals surface area contributed by atoms with Crippen LogP contribution < -0.4 is 0 Å². The zero-order chi connectivity index (χ0) is 12.4. The molecule has 1 amide bonds. The molecule has 0 saturated heterocycles. The molecule has 1 aliphatic heterocycles. The summed E-state index contributed by atoms with van der Waals surface area (Å²) in [6.07, 6.45) is 1.38. The average molecular weight is 235 g/mol. The third-order valence-corrected chi connectivity index (χ3v) is 2.81. The number of hydrogen-bond acceptors (Lipinski definition) is 3. The molecule has 0 fully saturated rings. The number of nitrogens with zero attached hydrogens (tertiary/aromatic N) is 1. The summed E-state index contributed by atoms with van der Waals surface area (Å²) in [4.78, 5) is 24.0. The number of aromatic hydroxyl groups is 1. The van der Waals surface area contributed by atoms with Gasteiger partial charge in [-0.15, -0.1) is 0 Å². The van der Waals surface area contributed by atoms with Gasteiger partial charge in [-0.25, -0.2) is 0 Å². The minimum atomic E-state index is -1.01. The van der Waals surface area contributed by atoms with Crippen LogP contribution in [0.5, 0.6) is 5.75 Å². The molecule has 17 heavy (non-hydrogen) atoms. The van der Waals surface area contributed by atoms with Gasteiger partial charge in [0.1, 0.15) is 12.3 Å². The lowest BCUT2D eigenvalue weighted by Crippen LogP contribution is -2.35. The Kier molecular flexibility index (Phi) is 2.99. The molecule has 0 atom stereocenters. The van der Waals surface area contributed by atoms with Crippen molar-refractivity contribution in [1.82, 2.24) is 4.90 Å². The predicted octanol–water partition coefficient (Wildman–Crippen LogP) is 0.865. The molecule has 2 rings (SSSR count). The van der Waals surface area contributed by atoms with E-state index in [2.05, 4.69) is 0 Å². The molecule has 2 N–H and O–H groups in total. The van der Waals surface area contributed by atoms with Crippen LogP contribution in [0.25, 0.3) is 0 Å². The van der Waals surface area contributed by atoms with E-state index in [9.17, 15) is 14.7 Å². The Morgan fingerprint density at radius 3 is 2.88 bits per heavy atom. The number of phenols is 1. The van der Waals surface area contributed by atoms with Gasteiger partial charge in [-0.05, 0) is 36.6 Å². The van der Waals surface area contributed by atoms with Crippen molar-refractivity contribution in [3.05, 3.63) is 29.3 Å². The number of carbonyl (C=O) groups is 2. The van der Waals surface area contributed by atoms with Crippen LogP contribution in [0.4, 0.5) is 0 Å². The second kappa shape index (κ2) is 4.45. The van der Waals surface area contributed by atoms with E-state index in [4.69, 9.17) is 5.11 Å². The van der Waals surface area contributed by atoms with Crippen LogP contribution in [0, 0.1) is 0 Å². The van der Waals surface area contributed by atoms with E-state index < -0.39 is 5.97 Å². The molecule has 5 heteroatoms. The highest BCUT2D eigenvalue weighted by atomic mass is 16.4. The van der Waals surface area contributed by atoms with Gasteiger partial charge in [0, 0.05) is 12.1 Å². The lowest BCUT2D eigenvalue weighted by Gasteiger charge is -2.18. The molecule has 1 heterocycles. The van der Waals surface area contributed by atoms with Crippen LogP contribution >= 0.6 is 0 Å². The van der Waals surface area contributed by atoms with Gasteiger partial charge in [0.2, 0.25) is 0 Å². The number of aliphatic carboxylic acids is 1. The largest absolute Gasteiger partial charge is 0.508 e. The first kappa shape index (κ1) is 11.4. The monoisotopic (exact) mass is 235 g/mol. The molecule has 0 radical (unpaired) electrons. The number of hydrogen-bond donors (Lipinski definition) is 2. The van der Waals surface area contributed by atoms with Crippen molar-refractivity contribution in [2.24, 2.45) is 0 Å². The third kappa shape index (κ3) is 2.38. The Morgan fingerprint density at radius 2 is 2.18 bits per heavy atom. The number of aryl methyl sites for hydroxylation is 1. The molecule has 0 aromatic heterocycles. The summed E-state index contributed by atoms with van der Waals surface area (Å²) in [5.41, 5.74) is 1.27. The Hall–Kier alpha value is -2.04. The second-order valence-corrected chi connectivity index (χ2v) is 4.07. The van der Waals surface area contributed by atoms with E-state index in [-0.39, 0.29) is 18.2 Å². The molecule has 1 aliphatic rings. The summed E-state index contributed by atoms with van der Waals surface area (Å²) in [5, 5.41) is 18.1. The van der Waals surface area contributed by atoms with E-state index in [0.717, 1.165) is 5.56 Å². The van der Waals surface area contributed by atoms with Crippen LogP contribution in [0.1, 0.15) is 22.3 Å². The van der Waals surface area contributed by atoms with Gasteiger partial charge < -0.3 is 15.1 Å². The SMILES string of the molecule is O=C(O)CN1CCCc2cc(O)ccc2C1=O. The van der Waals surface area contributed by atoms with Gasteiger partial charge in [0.25, 0.3) is 5.91 Å². The predicted molar refractivity (Wildman–Crippen MR) is 60.0 cm³/mol. The van der Waals surface area contributed by atoms with Crippen molar-refractivity contribution in [1.29, 1.82) is 0 Å². The first-order valence-corrected chi connectivity index (χ1v) is 5.41. The fraction of sp³-hybridized carbons (Fsp3) is 0.333. The first-order chi connectivity index (χ1) is 8.08. The zero-order valence-electron chi connectivity index (χ0n) is 9.22. The molecule has 0 saturated carbocycles. The fourth-order valence-electron chi connectivity index (χ4n) is 2.04. The molecule has 90 valence electrons. The van der Waals surface area contributed by atoms with Gasteiger partial charge in [-0.2, -0.15) is 0 Å². The number of rotatable bonds is 2. The van der Waals surface area contributed by atoms with Gasteiger partial charge in [0.15, 0.2) is 0 Å². The van der Waals surface area contributed by atoms with Crippen LogP contribution in [-0.2, 0) is 11.2 Å². The van der Waals surface area contributed by atoms with Crippen molar-refractivity contribution in [3.63, 3.8) is 0 Å². The number of carboxylic acid groups (broad SMARTS) is 1. The average Bonchev–Trinajstić information content (AvgIpc) is 2.39. The van der Waals surface area contributed by atoms with Gasteiger partial charge in [-0.3, -0.25) is 9.59 Å². The number of benzene rings is 1. The van der Waals surface area contributed by atoms with Crippen LogP contribution in [0.15, 0.2) is 18.2 Å². The van der Waals surface area contributed by atoms with Crippen LogP contribution in [0.2, 0.25) is 0 Å². The topological polar surface area (TPSA) is 77.8 Å². The van der Waals surface area contributed by atoms with Crippen molar-refractivity contribution < 1.29 is 19.8 Å². The number of amides is 1. The fourth-order valence-corrected chi connectivity index (χ4v) is 2.04. The number of carbonyl (C=O) groups excluding carboxylic acids is 1. The molecule has 1 aromatic rings. The van der Waals surface area contributed by atoms with Crippen molar-refractivity contribution in [2.75, 3.05) is 13.1 Å². The second-order valence-electron chi connectivity index (χ2n) is 4.07. The summed E-state index contributed by atoms with van der Waals surface area (Å²) in [6.45, 7) is 0.153. The number of fused-ring (bicyclic) bond motifs is 1. The van der Waals surface area contributed by atoms with Crippen LogP contribution in [0.3, 0.4) is 0 Å². The maximum absolute atomic E-state index is 12.1. The van der Waals surface area contributed by atoms with E-state index in [1.807, 2.05) is 0 Å². The highest BCUT2D eigenvalue weighted by Crippen LogP contribution is 2.22. The standard InChI is InChI=1S/C12H13NO4/c14-9-3-4-10-8(6-9)2-1-5-13(12(10)17)7-11(15)16/h3-4,6,14H,1-2,5,7H2,(H,15,16). The molecular weight excluding hydrogens is 222 g/mol. The Balaban J connectivity index is 2.33. The summed E-state index contributed by atoms with van der Waals surface area (Å²) in [7, 11) is 0. The summed E-state index contributed by atoms with van der Waals surface area (Å²) >= 11 is 0. The third-order valence-electron chi connectivity index (χ3n) is 2.81. The minimum Gasteiger partial charge on any atom is -0.508 e. The number of carboxylic acids is 1. The Labute approximate surface area is 98.3 Å². The molecule has 0 unspecified atom stereocenters. The maximum Gasteiger partial charge on any atom is 0.323 e. The van der Waals surface area contributed by atoms with E-state index in [0.29, 0.717) is 24.9 Å². The molecular formula is C12H13NO4. The Morgan fingerprint density at radius 1 is 1.41 bits per heavy atom. The zero-order valence-corrected chi connectivity index (χ0v) is 9.22. The van der Waals surface area contributed by atoms with Crippen molar-refractivity contribution >= 4 is 11.9 Å². The van der Waals surface area contributed by atoms with Crippen molar-refractivity contribution in [3.8, 4) is 5.75 Å². The highest BCUT2D eigenvalue weighted by Gasteiger charge is 2.23. The number of phenolic OH excluding ortho intramolecular Hbond substituents is 1. The van der Waals surface area contributed by atoms with E-state index in [1.165, 1.54) is 11.0 Å². The molecule has 0 aliphatic carbocycles. The molecule has 0 bridgehead atoms. The molecule has 5 nitrogen and oxygen atoms in total. The van der Waals surface area contributed by atoms with E-state index >= 15 is 0 Å². The highest BCUT2D eigenvalue weighted by molar-refractivity contribution is 5.97. The lowest BCUT2D eigenvalue weighted by atomic mass is 10.0. The van der Waals surface area contributed by atoms with Gasteiger partial charge >= 0.3 is 5.97 Å². The maximum atomic E-state index is 12.1. The van der Waals surface area contributed by atoms with Crippen molar-refractivity contribution in [2.45, 2.75) is 12.8 Å². The first-order valence-electron chi connectivity index (χ1n) is 5.41. The van der Waals surface area contributed by atoms with Gasteiger partial charge in [-0.1, -0.05) is 0 Å². The molecule has 1 aromatic carbocycles. The van der Waals surface area contributed by atoms with Gasteiger partial charge in [0.05, 0.1) is 0 Å². The smallest absolute Gasteiger partial charge is 0.323 e. The summed E-state index contributed by atoms with van der Waals surface area (Å²) < 4.78 is 0.